The van der Waals surface area contributed by atoms with Gasteiger partial charge in [0.15, 0.2) is 0 Å². The van der Waals surface area contributed by atoms with E-state index in [9.17, 15) is 9.59 Å². The minimum absolute atomic E-state index is 0.0295. The topological polar surface area (TPSA) is 46.6 Å². The van der Waals surface area contributed by atoms with Gasteiger partial charge in [-0.05, 0) is 43.0 Å². The Labute approximate surface area is 120 Å². The fraction of sp³-hybridized carbons (Fsp3) is 0.500. The van der Waals surface area contributed by atoms with Crippen LogP contribution in [-0.4, -0.2) is 37.0 Å². The molecule has 0 saturated heterocycles. The average molecular weight is 277 g/mol. The van der Waals surface area contributed by atoms with E-state index >= 15 is 0 Å². The van der Waals surface area contributed by atoms with E-state index in [4.69, 9.17) is 0 Å². The number of fused-ring (bicyclic) bond motifs is 1. The predicted octanol–water partition coefficient (Wildman–Crippen LogP) is 2.50. The molecule has 1 aliphatic rings. The second kappa shape index (κ2) is 7.08. The molecule has 0 unspecified atom stereocenters. The van der Waals surface area contributed by atoms with Crippen molar-refractivity contribution in [1.82, 2.24) is 4.90 Å². The fourth-order valence-electron chi connectivity index (χ4n) is 2.18. The van der Waals surface area contributed by atoms with Crippen LogP contribution in [0.2, 0.25) is 0 Å². The third-order valence-electron chi connectivity index (χ3n) is 3.44. The van der Waals surface area contributed by atoms with Crippen LogP contribution in [0.4, 0.5) is 0 Å². The van der Waals surface area contributed by atoms with Crippen LogP contribution < -0.4 is 0 Å². The zero-order valence-electron chi connectivity index (χ0n) is 12.9. The van der Waals surface area contributed by atoms with Crippen molar-refractivity contribution in [2.75, 3.05) is 20.2 Å². The van der Waals surface area contributed by atoms with Gasteiger partial charge in [0, 0.05) is 12.1 Å². The Morgan fingerprint density at radius 3 is 2.45 bits per heavy atom. The van der Waals surface area contributed by atoms with Gasteiger partial charge in [0.25, 0.3) is 5.91 Å². The Morgan fingerprint density at radius 2 is 1.85 bits per heavy atom. The third kappa shape index (κ3) is 3.38. The van der Waals surface area contributed by atoms with Crippen molar-refractivity contribution >= 4 is 11.9 Å². The van der Waals surface area contributed by atoms with Gasteiger partial charge < -0.3 is 9.64 Å². The molecule has 0 aliphatic carbocycles. The molecule has 4 heteroatoms. The summed E-state index contributed by atoms with van der Waals surface area (Å²) in [5, 5.41) is 0. The van der Waals surface area contributed by atoms with Gasteiger partial charge in [0.05, 0.1) is 7.11 Å². The van der Waals surface area contributed by atoms with Gasteiger partial charge in [-0.1, -0.05) is 19.9 Å². The summed E-state index contributed by atoms with van der Waals surface area (Å²) in [6, 6.07) is 3.98. The summed E-state index contributed by atoms with van der Waals surface area (Å²) in [5.41, 5.74) is 4.09. The number of methoxy groups -OCH3 is 1. The number of esters is 1. The fourth-order valence-corrected chi connectivity index (χ4v) is 2.18. The van der Waals surface area contributed by atoms with Crippen molar-refractivity contribution < 1.29 is 14.3 Å². The summed E-state index contributed by atoms with van der Waals surface area (Å²) < 4.78 is 4.60. The van der Waals surface area contributed by atoms with Crippen molar-refractivity contribution in [3.05, 3.63) is 34.4 Å². The molecule has 110 valence electrons. The second-order valence-electron chi connectivity index (χ2n) is 4.65. The molecule has 0 aromatic heterocycles. The van der Waals surface area contributed by atoms with Gasteiger partial charge in [-0.25, -0.2) is 0 Å². The number of hydrogen-bond acceptors (Lipinski definition) is 3. The Hall–Kier alpha value is -1.84. The van der Waals surface area contributed by atoms with Crippen LogP contribution in [0, 0.1) is 13.8 Å². The van der Waals surface area contributed by atoms with E-state index in [-0.39, 0.29) is 18.4 Å². The lowest BCUT2D eigenvalue weighted by Crippen LogP contribution is -2.41. The van der Waals surface area contributed by atoms with Crippen LogP contribution in [0.15, 0.2) is 12.1 Å². The van der Waals surface area contributed by atoms with Gasteiger partial charge in [-0.15, -0.1) is 0 Å². The maximum atomic E-state index is 12.2. The number of rotatable bonds is 2. The van der Waals surface area contributed by atoms with Crippen LogP contribution >= 0.6 is 0 Å². The van der Waals surface area contributed by atoms with Gasteiger partial charge in [0.2, 0.25) is 0 Å². The van der Waals surface area contributed by atoms with Crippen molar-refractivity contribution in [3.63, 3.8) is 0 Å². The maximum Gasteiger partial charge on any atom is 0.325 e. The molecule has 1 aromatic rings. The molecule has 1 amide bonds. The molecule has 1 aromatic carbocycles. The minimum Gasteiger partial charge on any atom is -0.468 e. The lowest BCUT2D eigenvalue weighted by atomic mass is 9.94. The summed E-state index contributed by atoms with van der Waals surface area (Å²) >= 11 is 0. The van der Waals surface area contributed by atoms with E-state index in [0.29, 0.717) is 12.1 Å². The zero-order chi connectivity index (χ0) is 15.3. The van der Waals surface area contributed by atoms with Crippen molar-refractivity contribution in [3.8, 4) is 0 Å². The number of carbonyl (C=O) groups excluding carboxylic acids is 2. The molecule has 0 spiro atoms. The van der Waals surface area contributed by atoms with Crippen LogP contribution in [-0.2, 0) is 16.0 Å². The number of nitrogens with zero attached hydrogens (tertiary/aromatic N) is 1. The first-order valence-electron chi connectivity index (χ1n) is 6.99. The van der Waals surface area contributed by atoms with E-state index in [1.165, 1.54) is 12.7 Å². The van der Waals surface area contributed by atoms with Crippen molar-refractivity contribution in [1.29, 1.82) is 0 Å². The van der Waals surface area contributed by atoms with Crippen LogP contribution in [0.1, 0.15) is 40.9 Å². The second-order valence-corrected chi connectivity index (χ2v) is 4.65. The van der Waals surface area contributed by atoms with E-state index in [0.717, 1.165) is 17.5 Å². The van der Waals surface area contributed by atoms with Gasteiger partial charge in [-0.3, -0.25) is 9.59 Å². The monoisotopic (exact) mass is 277 g/mol. The van der Waals surface area contributed by atoms with Crippen LogP contribution in [0.25, 0.3) is 0 Å². The summed E-state index contributed by atoms with van der Waals surface area (Å²) in [6.07, 6.45) is 0.791. The van der Waals surface area contributed by atoms with E-state index in [1.807, 2.05) is 33.8 Å². The number of benzene rings is 1. The molecule has 1 aliphatic heterocycles. The molecule has 1 heterocycles. The smallest absolute Gasteiger partial charge is 0.325 e. The number of aryl methyl sites for hydroxylation is 2. The maximum absolute atomic E-state index is 12.2. The van der Waals surface area contributed by atoms with Gasteiger partial charge in [0.1, 0.15) is 6.54 Å². The van der Waals surface area contributed by atoms with Crippen LogP contribution in [0.3, 0.4) is 0 Å². The first-order valence-corrected chi connectivity index (χ1v) is 6.99. The van der Waals surface area contributed by atoms with Crippen molar-refractivity contribution in [2.24, 2.45) is 0 Å². The third-order valence-corrected chi connectivity index (χ3v) is 3.44. The molecule has 0 radical (unpaired) electrons. The van der Waals surface area contributed by atoms with Crippen molar-refractivity contribution in [2.45, 2.75) is 34.1 Å². The lowest BCUT2D eigenvalue weighted by Gasteiger charge is -2.28. The molecule has 0 fully saturated rings. The molecule has 0 atom stereocenters. The Balaban J connectivity index is 0.000000956. The quantitative estimate of drug-likeness (QED) is 0.780. The molecular formula is C16H23NO3. The number of amides is 1. The molecule has 0 bridgehead atoms. The predicted molar refractivity (Wildman–Crippen MR) is 78.9 cm³/mol. The Kier molecular flexibility index (Phi) is 5.74. The van der Waals surface area contributed by atoms with Crippen LogP contribution in [0.5, 0.6) is 0 Å². The molecule has 0 saturated carbocycles. The zero-order valence-corrected chi connectivity index (χ0v) is 12.9. The van der Waals surface area contributed by atoms with E-state index in [2.05, 4.69) is 10.8 Å². The number of hydrogen-bond donors (Lipinski definition) is 0. The highest BCUT2D eigenvalue weighted by Crippen LogP contribution is 2.22. The first-order chi connectivity index (χ1) is 9.52. The molecule has 2 rings (SSSR count). The highest BCUT2D eigenvalue weighted by atomic mass is 16.5. The largest absolute Gasteiger partial charge is 0.468 e. The Morgan fingerprint density at radius 1 is 1.25 bits per heavy atom. The molecule has 0 N–H and O–H groups in total. The summed E-state index contributed by atoms with van der Waals surface area (Å²) in [5.74, 6) is -0.458. The van der Waals surface area contributed by atoms with E-state index in [1.54, 1.807) is 4.90 Å². The number of ether oxygens (including phenoxy) is 1. The van der Waals surface area contributed by atoms with Gasteiger partial charge in [-0.2, -0.15) is 0 Å². The van der Waals surface area contributed by atoms with E-state index < -0.39 is 0 Å². The van der Waals surface area contributed by atoms with Gasteiger partial charge >= 0.3 is 5.97 Å². The minimum atomic E-state index is -0.379. The SMILES string of the molecule is CC.COC(=O)CN1CCc2cc(C)c(C)cc2C1=O. The number of carbonyl (C=O) groups is 2. The Bertz CT molecular complexity index is 509. The summed E-state index contributed by atoms with van der Waals surface area (Å²) in [7, 11) is 1.33. The molecule has 4 nitrogen and oxygen atoms in total. The lowest BCUT2D eigenvalue weighted by molar-refractivity contribution is -0.141. The first kappa shape index (κ1) is 16.2. The molecule has 20 heavy (non-hydrogen) atoms. The highest BCUT2D eigenvalue weighted by Gasteiger charge is 2.26. The molecular weight excluding hydrogens is 254 g/mol. The average Bonchev–Trinajstić information content (AvgIpc) is 2.46. The summed E-state index contributed by atoms with van der Waals surface area (Å²) in [6.45, 7) is 8.63. The highest BCUT2D eigenvalue weighted by molar-refractivity contribution is 5.98. The summed E-state index contributed by atoms with van der Waals surface area (Å²) in [4.78, 5) is 25.0. The standard InChI is InChI=1S/C14H17NO3.C2H6/c1-9-6-11-4-5-15(8-13(16)18-3)14(17)12(11)7-10(9)2;1-2/h6-7H,4-5,8H2,1-3H3;1-2H3. The normalized spacial score (nSPS) is 13.2.